The Labute approximate surface area is 118 Å². The minimum absolute atomic E-state index is 0.0660. The number of hydrogen-bond acceptors (Lipinski definition) is 3. The number of allylic oxidation sites excluding steroid dienone is 1. The molecule has 4 heteroatoms. The maximum Gasteiger partial charge on any atom is 0.251 e. The molecule has 0 spiro atoms. The van der Waals surface area contributed by atoms with Gasteiger partial charge in [0.05, 0.1) is 0 Å². The highest BCUT2D eigenvalue weighted by molar-refractivity contribution is 8.12. The third-order valence-corrected chi connectivity index (χ3v) is 3.51. The van der Waals surface area contributed by atoms with Gasteiger partial charge in [-0.25, -0.2) is 0 Å². The van der Waals surface area contributed by atoms with Crippen LogP contribution in [0.15, 0.2) is 36.9 Å². The van der Waals surface area contributed by atoms with Crippen LogP contribution < -0.4 is 5.32 Å². The van der Waals surface area contributed by atoms with Crippen LogP contribution in [0.1, 0.15) is 35.7 Å². The molecule has 0 aliphatic carbocycles. The lowest BCUT2D eigenvalue weighted by molar-refractivity contribution is -0.110. The standard InChI is InChI=1S/C15H19NO2S/c1-3-5-6-14(17)19-11-12-7-9-13(10-8-12)15(18)16-4-2/h3,7-10H,1,4-6,11H2,2H3,(H,16,18). The molecule has 0 fully saturated rings. The fourth-order valence-corrected chi connectivity index (χ4v) is 2.25. The minimum atomic E-state index is -0.0660. The van der Waals surface area contributed by atoms with Crippen LogP contribution in [0.2, 0.25) is 0 Å². The first kappa shape index (κ1) is 15.5. The van der Waals surface area contributed by atoms with Crippen LogP contribution >= 0.6 is 11.8 Å². The fourth-order valence-electron chi connectivity index (χ4n) is 1.47. The van der Waals surface area contributed by atoms with Crippen molar-refractivity contribution in [1.29, 1.82) is 0 Å². The third kappa shape index (κ3) is 5.75. The quantitative estimate of drug-likeness (QED) is 0.779. The molecule has 1 aromatic carbocycles. The molecule has 1 amide bonds. The van der Waals surface area contributed by atoms with Gasteiger partial charge in [0.15, 0.2) is 5.12 Å². The van der Waals surface area contributed by atoms with Gasteiger partial charge in [-0.15, -0.1) is 6.58 Å². The van der Waals surface area contributed by atoms with E-state index >= 15 is 0 Å². The van der Waals surface area contributed by atoms with Crippen molar-refractivity contribution >= 4 is 22.8 Å². The molecular weight excluding hydrogens is 258 g/mol. The lowest BCUT2D eigenvalue weighted by atomic mass is 10.1. The fraction of sp³-hybridized carbons (Fsp3) is 0.333. The van der Waals surface area contributed by atoms with E-state index in [1.54, 1.807) is 18.2 Å². The summed E-state index contributed by atoms with van der Waals surface area (Å²) in [6.07, 6.45) is 3.01. The molecule has 0 saturated carbocycles. The van der Waals surface area contributed by atoms with Gasteiger partial charge in [0, 0.05) is 24.3 Å². The first-order valence-corrected chi connectivity index (χ1v) is 7.29. The predicted molar refractivity (Wildman–Crippen MR) is 80.2 cm³/mol. The third-order valence-electron chi connectivity index (χ3n) is 2.51. The van der Waals surface area contributed by atoms with Gasteiger partial charge in [-0.2, -0.15) is 0 Å². The highest BCUT2D eigenvalue weighted by atomic mass is 32.2. The number of carbonyl (C=O) groups is 2. The summed E-state index contributed by atoms with van der Waals surface area (Å²) < 4.78 is 0. The van der Waals surface area contributed by atoms with Crippen LogP contribution in [0, 0.1) is 0 Å². The summed E-state index contributed by atoms with van der Waals surface area (Å²) in [6, 6.07) is 7.35. The molecule has 102 valence electrons. The summed E-state index contributed by atoms with van der Waals surface area (Å²) in [5, 5.41) is 2.92. The number of nitrogens with one attached hydrogen (secondary N) is 1. The maximum atomic E-state index is 11.6. The SMILES string of the molecule is C=CCCC(=O)SCc1ccc(C(=O)NCC)cc1. The topological polar surface area (TPSA) is 46.2 Å². The monoisotopic (exact) mass is 277 g/mol. The zero-order valence-electron chi connectivity index (χ0n) is 11.1. The largest absolute Gasteiger partial charge is 0.352 e. The molecule has 0 radical (unpaired) electrons. The highest BCUT2D eigenvalue weighted by Gasteiger charge is 2.05. The van der Waals surface area contributed by atoms with Gasteiger partial charge in [-0.3, -0.25) is 9.59 Å². The van der Waals surface area contributed by atoms with Crippen molar-refractivity contribution in [2.24, 2.45) is 0 Å². The zero-order chi connectivity index (χ0) is 14.1. The van der Waals surface area contributed by atoms with Gasteiger partial charge in [-0.05, 0) is 31.0 Å². The average molecular weight is 277 g/mol. The zero-order valence-corrected chi connectivity index (χ0v) is 12.0. The first-order valence-electron chi connectivity index (χ1n) is 6.31. The second-order valence-electron chi connectivity index (χ2n) is 4.04. The number of carbonyl (C=O) groups excluding carboxylic acids is 2. The van der Waals surface area contributed by atoms with E-state index in [9.17, 15) is 9.59 Å². The van der Waals surface area contributed by atoms with E-state index in [2.05, 4.69) is 11.9 Å². The van der Waals surface area contributed by atoms with E-state index in [0.29, 0.717) is 24.3 Å². The number of benzene rings is 1. The molecule has 0 atom stereocenters. The van der Waals surface area contributed by atoms with Crippen LogP contribution in [-0.4, -0.2) is 17.6 Å². The lowest BCUT2D eigenvalue weighted by Crippen LogP contribution is -2.22. The molecule has 0 aliphatic heterocycles. The van der Waals surface area contributed by atoms with E-state index in [1.807, 2.05) is 19.1 Å². The number of hydrogen-bond donors (Lipinski definition) is 1. The highest BCUT2D eigenvalue weighted by Crippen LogP contribution is 2.16. The minimum Gasteiger partial charge on any atom is -0.352 e. The molecule has 0 saturated heterocycles. The van der Waals surface area contributed by atoms with Crippen LogP contribution in [0.5, 0.6) is 0 Å². The number of thioether (sulfide) groups is 1. The molecule has 0 aromatic heterocycles. The Kier molecular flexibility index (Phi) is 6.97. The van der Waals surface area contributed by atoms with E-state index in [-0.39, 0.29) is 11.0 Å². The lowest BCUT2D eigenvalue weighted by Gasteiger charge is -2.04. The molecule has 0 aliphatic rings. The Morgan fingerprint density at radius 1 is 1.32 bits per heavy atom. The smallest absolute Gasteiger partial charge is 0.251 e. The Bertz CT molecular complexity index is 440. The van der Waals surface area contributed by atoms with Crippen molar-refractivity contribution in [2.75, 3.05) is 6.54 Å². The molecule has 19 heavy (non-hydrogen) atoms. The molecule has 1 rings (SSSR count). The summed E-state index contributed by atoms with van der Waals surface area (Å²) in [6.45, 7) is 6.10. The molecule has 0 bridgehead atoms. The summed E-state index contributed by atoms with van der Waals surface area (Å²) in [5.74, 6) is 0.579. The van der Waals surface area contributed by atoms with Crippen LogP contribution in [0.4, 0.5) is 0 Å². The Morgan fingerprint density at radius 3 is 2.58 bits per heavy atom. The van der Waals surface area contributed by atoms with Crippen molar-refractivity contribution in [2.45, 2.75) is 25.5 Å². The van der Waals surface area contributed by atoms with Crippen LogP contribution in [0.25, 0.3) is 0 Å². The normalized spacial score (nSPS) is 9.95. The van der Waals surface area contributed by atoms with E-state index in [1.165, 1.54) is 11.8 Å². The Hall–Kier alpha value is -1.55. The predicted octanol–water partition coefficient (Wildman–Crippen LogP) is 3.16. The second kappa shape index (κ2) is 8.53. The summed E-state index contributed by atoms with van der Waals surface area (Å²) >= 11 is 1.31. The summed E-state index contributed by atoms with van der Waals surface area (Å²) in [5.41, 5.74) is 1.69. The van der Waals surface area contributed by atoms with Crippen molar-refractivity contribution < 1.29 is 9.59 Å². The molecule has 1 aromatic rings. The van der Waals surface area contributed by atoms with E-state index < -0.39 is 0 Å². The van der Waals surface area contributed by atoms with Crippen molar-refractivity contribution in [3.8, 4) is 0 Å². The molecular formula is C15H19NO2S. The average Bonchev–Trinajstić information content (AvgIpc) is 2.43. The van der Waals surface area contributed by atoms with Gasteiger partial charge < -0.3 is 5.32 Å². The van der Waals surface area contributed by atoms with Crippen molar-refractivity contribution in [3.05, 3.63) is 48.0 Å². The molecule has 0 heterocycles. The van der Waals surface area contributed by atoms with Crippen molar-refractivity contribution in [3.63, 3.8) is 0 Å². The maximum absolute atomic E-state index is 11.6. The first-order chi connectivity index (χ1) is 9.17. The van der Waals surface area contributed by atoms with Crippen molar-refractivity contribution in [1.82, 2.24) is 5.32 Å². The number of amides is 1. The van der Waals surface area contributed by atoms with Gasteiger partial charge in [-0.1, -0.05) is 30.0 Å². The molecule has 1 N–H and O–H groups in total. The molecule has 0 unspecified atom stereocenters. The van der Waals surface area contributed by atoms with Crippen LogP contribution in [0.3, 0.4) is 0 Å². The van der Waals surface area contributed by atoms with E-state index in [4.69, 9.17) is 0 Å². The van der Waals surface area contributed by atoms with E-state index in [0.717, 1.165) is 12.0 Å². The summed E-state index contributed by atoms with van der Waals surface area (Å²) in [4.78, 5) is 23.0. The van der Waals surface area contributed by atoms with Gasteiger partial charge in [0.2, 0.25) is 0 Å². The van der Waals surface area contributed by atoms with Gasteiger partial charge in [0.1, 0.15) is 0 Å². The summed E-state index contributed by atoms with van der Waals surface area (Å²) in [7, 11) is 0. The Morgan fingerprint density at radius 2 is 2.00 bits per heavy atom. The van der Waals surface area contributed by atoms with Gasteiger partial charge in [0.25, 0.3) is 5.91 Å². The molecule has 3 nitrogen and oxygen atoms in total. The van der Waals surface area contributed by atoms with Gasteiger partial charge >= 0.3 is 0 Å². The Balaban J connectivity index is 2.46. The van der Waals surface area contributed by atoms with Crippen LogP contribution in [-0.2, 0) is 10.5 Å². The second-order valence-corrected chi connectivity index (χ2v) is 5.08. The number of rotatable bonds is 7.